The van der Waals surface area contributed by atoms with Gasteiger partial charge in [-0.25, -0.2) is 0 Å². The minimum Gasteiger partial charge on any atom is -0.504 e. The van der Waals surface area contributed by atoms with E-state index in [1.165, 1.54) is 20.3 Å². The van der Waals surface area contributed by atoms with Crippen molar-refractivity contribution in [1.29, 1.82) is 0 Å². The van der Waals surface area contributed by atoms with Crippen LogP contribution < -0.4 is 14.2 Å². The summed E-state index contributed by atoms with van der Waals surface area (Å²) in [6.07, 6.45) is -1.11. The van der Waals surface area contributed by atoms with Gasteiger partial charge in [0.15, 0.2) is 23.0 Å². The van der Waals surface area contributed by atoms with E-state index in [4.69, 9.17) is 14.2 Å². The van der Waals surface area contributed by atoms with Crippen molar-refractivity contribution >= 4 is 0 Å². The fourth-order valence-corrected chi connectivity index (χ4v) is 3.18. The Bertz CT molecular complexity index is 771. The van der Waals surface area contributed by atoms with E-state index in [2.05, 4.69) is 0 Å². The van der Waals surface area contributed by atoms with Crippen molar-refractivity contribution in [3.05, 3.63) is 47.0 Å². The lowest BCUT2D eigenvalue weighted by atomic mass is 9.90. The van der Waals surface area contributed by atoms with Crippen LogP contribution in [0.25, 0.3) is 0 Å². The van der Waals surface area contributed by atoms with Crippen LogP contribution in [0.1, 0.15) is 41.7 Å². The largest absolute Gasteiger partial charge is 0.504 e. The predicted octanol–water partition coefficient (Wildman–Crippen LogP) is 2.67. The molecule has 0 saturated carbocycles. The van der Waals surface area contributed by atoms with Crippen LogP contribution in [0, 0.1) is 0 Å². The highest BCUT2D eigenvalue weighted by atomic mass is 16.5. The molecule has 0 aliphatic carbocycles. The van der Waals surface area contributed by atoms with Crippen LogP contribution in [0.5, 0.6) is 23.0 Å². The first-order chi connectivity index (χ1) is 12.0. The lowest BCUT2D eigenvalue weighted by molar-refractivity contribution is 0.157. The molecule has 0 saturated heterocycles. The van der Waals surface area contributed by atoms with Crippen LogP contribution in [0.3, 0.4) is 0 Å². The van der Waals surface area contributed by atoms with Crippen molar-refractivity contribution in [2.24, 2.45) is 0 Å². The maximum Gasteiger partial charge on any atom is 0.165 e. The maximum atomic E-state index is 9.95. The third-order valence-corrected chi connectivity index (χ3v) is 4.55. The molecule has 0 radical (unpaired) electrons. The summed E-state index contributed by atoms with van der Waals surface area (Å²) in [6, 6.07) is 8.53. The minimum absolute atomic E-state index is 0.0382. The Morgan fingerprint density at radius 3 is 2.44 bits per heavy atom. The molecule has 1 aliphatic heterocycles. The molecular weight excluding hydrogens is 324 g/mol. The second kappa shape index (κ2) is 6.82. The normalized spacial score (nSPS) is 19.9. The topological polar surface area (TPSA) is 88.4 Å². The molecule has 3 unspecified atom stereocenters. The summed E-state index contributed by atoms with van der Waals surface area (Å²) >= 11 is 0. The summed E-state index contributed by atoms with van der Waals surface area (Å²) in [5.41, 5.74) is 2.25. The highest BCUT2D eigenvalue weighted by molar-refractivity contribution is 5.56. The molecule has 2 aromatic rings. The quantitative estimate of drug-likeness (QED) is 0.771. The van der Waals surface area contributed by atoms with Gasteiger partial charge in [-0.1, -0.05) is 6.07 Å². The molecule has 134 valence electrons. The Morgan fingerprint density at radius 2 is 1.84 bits per heavy atom. The Balaban J connectivity index is 2.07. The van der Waals surface area contributed by atoms with Crippen LogP contribution in [0.2, 0.25) is 0 Å². The number of benzene rings is 2. The summed E-state index contributed by atoms with van der Waals surface area (Å²) in [6.45, 7) is 1.54. The molecule has 1 heterocycles. The third-order valence-electron chi connectivity index (χ3n) is 4.55. The molecule has 3 N–H and O–H groups in total. The van der Waals surface area contributed by atoms with Gasteiger partial charge in [0.05, 0.1) is 32.8 Å². The molecule has 0 amide bonds. The molecule has 0 bridgehead atoms. The van der Waals surface area contributed by atoms with Crippen LogP contribution in [0.4, 0.5) is 0 Å². The number of hydrogen-bond donors (Lipinski definition) is 3. The first-order valence-electron chi connectivity index (χ1n) is 8.04. The van der Waals surface area contributed by atoms with Gasteiger partial charge in [0.2, 0.25) is 0 Å². The van der Waals surface area contributed by atoms with Crippen molar-refractivity contribution in [3.8, 4) is 23.0 Å². The zero-order chi connectivity index (χ0) is 18.1. The van der Waals surface area contributed by atoms with Crippen molar-refractivity contribution in [3.63, 3.8) is 0 Å². The average Bonchev–Trinajstić information content (AvgIpc) is 2.99. The van der Waals surface area contributed by atoms with E-state index in [-0.39, 0.29) is 18.3 Å². The van der Waals surface area contributed by atoms with E-state index in [9.17, 15) is 15.3 Å². The zero-order valence-electron chi connectivity index (χ0n) is 14.4. The number of fused-ring (bicyclic) bond motifs is 1. The fraction of sp³-hybridized carbons (Fsp3) is 0.368. The maximum absolute atomic E-state index is 9.95. The minimum atomic E-state index is -0.661. The van der Waals surface area contributed by atoms with Crippen molar-refractivity contribution in [2.45, 2.75) is 25.0 Å². The molecule has 3 atom stereocenters. The Labute approximate surface area is 146 Å². The van der Waals surface area contributed by atoms with Crippen LogP contribution in [-0.4, -0.2) is 36.1 Å². The van der Waals surface area contributed by atoms with Crippen LogP contribution in [0.15, 0.2) is 30.3 Å². The first-order valence-corrected chi connectivity index (χ1v) is 8.04. The monoisotopic (exact) mass is 346 g/mol. The smallest absolute Gasteiger partial charge is 0.165 e. The predicted molar refractivity (Wildman–Crippen MR) is 91.5 cm³/mol. The third kappa shape index (κ3) is 2.99. The van der Waals surface area contributed by atoms with Gasteiger partial charge in [0.1, 0.15) is 6.10 Å². The van der Waals surface area contributed by atoms with Gasteiger partial charge < -0.3 is 29.5 Å². The number of aliphatic hydroxyl groups excluding tert-OH is 2. The summed E-state index contributed by atoms with van der Waals surface area (Å²) in [5, 5.41) is 29.7. The number of aliphatic hydroxyl groups is 2. The molecule has 0 fully saturated rings. The number of phenols is 1. The van der Waals surface area contributed by atoms with Gasteiger partial charge in [0, 0.05) is 5.56 Å². The molecule has 0 spiro atoms. The average molecular weight is 346 g/mol. The van der Waals surface area contributed by atoms with Gasteiger partial charge in [-0.2, -0.15) is 0 Å². The lowest BCUT2D eigenvalue weighted by Crippen LogP contribution is -2.13. The van der Waals surface area contributed by atoms with E-state index >= 15 is 0 Å². The number of aromatic hydroxyl groups is 1. The Hall–Kier alpha value is -2.44. The van der Waals surface area contributed by atoms with Crippen molar-refractivity contribution in [2.75, 3.05) is 20.8 Å². The summed E-state index contributed by atoms with van der Waals surface area (Å²) in [5.74, 6) is 1.13. The Morgan fingerprint density at radius 1 is 1.12 bits per heavy atom. The molecule has 2 aromatic carbocycles. The summed E-state index contributed by atoms with van der Waals surface area (Å²) in [7, 11) is 3.01. The van der Waals surface area contributed by atoms with E-state index in [0.717, 1.165) is 11.1 Å². The number of phenolic OH excluding ortho intramolecular Hbond substituents is 1. The SMILES string of the molecule is COc1cc(C2Oc3c(OC)cc(C(C)O)cc3C2CO)ccc1O. The van der Waals surface area contributed by atoms with Gasteiger partial charge in [-0.15, -0.1) is 0 Å². The molecule has 1 aliphatic rings. The molecule has 6 nitrogen and oxygen atoms in total. The van der Waals surface area contributed by atoms with Crippen molar-refractivity contribution < 1.29 is 29.5 Å². The van der Waals surface area contributed by atoms with E-state index < -0.39 is 12.2 Å². The van der Waals surface area contributed by atoms with Gasteiger partial charge in [-0.3, -0.25) is 0 Å². The summed E-state index contributed by atoms with van der Waals surface area (Å²) in [4.78, 5) is 0. The second-order valence-corrected chi connectivity index (χ2v) is 6.08. The highest BCUT2D eigenvalue weighted by Crippen LogP contribution is 2.51. The lowest BCUT2D eigenvalue weighted by Gasteiger charge is -2.18. The van der Waals surface area contributed by atoms with Gasteiger partial charge in [-0.05, 0) is 42.3 Å². The zero-order valence-corrected chi connectivity index (χ0v) is 14.4. The fourth-order valence-electron chi connectivity index (χ4n) is 3.18. The standard InChI is InChI=1S/C19H22O6/c1-10(21)12-6-13-14(9-20)18(25-19(13)17(8-12)24-3)11-4-5-15(22)16(7-11)23-2/h4-8,10,14,18,20-22H,9H2,1-3H3. The molecule has 0 aromatic heterocycles. The Kier molecular flexibility index (Phi) is 4.74. The van der Waals surface area contributed by atoms with Gasteiger partial charge >= 0.3 is 0 Å². The van der Waals surface area contributed by atoms with E-state index in [1.807, 2.05) is 6.07 Å². The van der Waals surface area contributed by atoms with E-state index in [1.54, 1.807) is 25.1 Å². The van der Waals surface area contributed by atoms with Crippen molar-refractivity contribution in [1.82, 2.24) is 0 Å². The number of rotatable bonds is 5. The number of methoxy groups -OCH3 is 2. The second-order valence-electron chi connectivity index (χ2n) is 6.08. The van der Waals surface area contributed by atoms with Crippen LogP contribution >= 0.6 is 0 Å². The molecule has 25 heavy (non-hydrogen) atoms. The van der Waals surface area contributed by atoms with Gasteiger partial charge in [0.25, 0.3) is 0 Å². The molecular formula is C19H22O6. The number of hydrogen-bond acceptors (Lipinski definition) is 6. The number of ether oxygens (including phenoxy) is 3. The molecule has 3 rings (SSSR count). The summed E-state index contributed by atoms with van der Waals surface area (Å²) < 4.78 is 16.7. The molecule has 6 heteroatoms. The van der Waals surface area contributed by atoms with Crippen LogP contribution in [-0.2, 0) is 0 Å². The highest BCUT2D eigenvalue weighted by Gasteiger charge is 2.38. The van der Waals surface area contributed by atoms with E-state index in [0.29, 0.717) is 22.8 Å². The first kappa shape index (κ1) is 17.4.